The van der Waals surface area contributed by atoms with Crippen molar-refractivity contribution in [1.29, 1.82) is 0 Å². The Bertz CT molecular complexity index is 577. The Morgan fingerprint density at radius 1 is 1.17 bits per heavy atom. The topological polar surface area (TPSA) is 20.2 Å². The van der Waals surface area contributed by atoms with Crippen molar-refractivity contribution in [3.05, 3.63) is 70.0 Å². The first kappa shape index (κ1) is 11.7. The molecule has 0 heterocycles. The van der Waals surface area contributed by atoms with Gasteiger partial charge in [-0.25, -0.2) is 4.39 Å². The highest BCUT2D eigenvalue weighted by molar-refractivity contribution is 6.31. The molecule has 2 atom stereocenters. The molecule has 2 unspecified atom stereocenters. The van der Waals surface area contributed by atoms with Crippen LogP contribution in [0.15, 0.2) is 42.5 Å². The molecule has 3 heteroatoms. The SMILES string of the molecule is OC(c1c(F)cccc1Cl)C1Cc2ccccc21. The summed E-state index contributed by atoms with van der Waals surface area (Å²) in [6, 6.07) is 12.4. The van der Waals surface area contributed by atoms with Crippen LogP contribution in [0.4, 0.5) is 4.39 Å². The number of hydrogen-bond acceptors (Lipinski definition) is 1. The molecule has 1 nitrogen and oxygen atoms in total. The van der Waals surface area contributed by atoms with Crippen molar-refractivity contribution >= 4 is 11.6 Å². The standard InChI is InChI=1S/C15H12ClFO/c16-12-6-3-7-13(17)14(12)15(18)11-8-9-4-1-2-5-10(9)11/h1-7,11,15,18H,8H2. The molecule has 0 aliphatic heterocycles. The van der Waals surface area contributed by atoms with Gasteiger partial charge in [-0.2, -0.15) is 0 Å². The lowest BCUT2D eigenvalue weighted by atomic mass is 9.73. The predicted octanol–water partition coefficient (Wildman–Crippen LogP) is 3.85. The molecule has 0 fully saturated rings. The zero-order valence-corrected chi connectivity index (χ0v) is 10.4. The highest BCUT2D eigenvalue weighted by Gasteiger charge is 2.34. The van der Waals surface area contributed by atoms with Gasteiger partial charge in [-0.05, 0) is 29.7 Å². The second-order valence-corrected chi connectivity index (χ2v) is 5.00. The van der Waals surface area contributed by atoms with Gasteiger partial charge in [0, 0.05) is 16.5 Å². The van der Waals surface area contributed by atoms with E-state index < -0.39 is 11.9 Å². The predicted molar refractivity (Wildman–Crippen MR) is 69.3 cm³/mol. The first-order valence-corrected chi connectivity index (χ1v) is 6.26. The van der Waals surface area contributed by atoms with Crippen molar-refractivity contribution in [3.63, 3.8) is 0 Å². The molecule has 1 aliphatic carbocycles. The summed E-state index contributed by atoms with van der Waals surface area (Å²) in [5, 5.41) is 10.6. The van der Waals surface area contributed by atoms with Gasteiger partial charge in [-0.1, -0.05) is 41.9 Å². The zero-order chi connectivity index (χ0) is 12.7. The van der Waals surface area contributed by atoms with Crippen LogP contribution >= 0.6 is 11.6 Å². The van der Waals surface area contributed by atoms with Gasteiger partial charge in [0.25, 0.3) is 0 Å². The third-order valence-electron chi connectivity index (χ3n) is 3.57. The average Bonchev–Trinajstić information content (AvgIpc) is 2.30. The van der Waals surface area contributed by atoms with E-state index in [1.807, 2.05) is 24.3 Å². The number of rotatable bonds is 2. The maximum absolute atomic E-state index is 13.8. The summed E-state index contributed by atoms with van der Waals surface area (Å²) < 4.78 is 13.8. The molecule has 0 saturated heterocycles. The van der Waals surface area contributed by atoms with E-state index in [9.17, 15) is 9.50 Å². The molecular formula is C15H12ClFO. The maximum atomic E-state index is 13.8. The van der Waals surface area contributed by atoms with Crippen LogP contribution in [0.3, 0.4) is 0 Å². The van der Waals surface area contributed by atoms with Gasteiger partial charge in [0.05, 0.1) is 6.10 Å². The van der Waals surface area contributed by atoms with Gasteiger partial charge in [0.2, 0.25) is 0 Å². The van der Waals surface area contributed by atoms with Crippen LogP contribution in [0.1, 0.15) is 28.7 Å². The fourth-order valence-corrected chi connectivity index (χ4v) is 2.85. The minimum absolute atomic E-state index is 0.0596. The molecule has 3 rings (SSSR count). The number of hydrogen-bond donors (Lipinski definition) is 1. The normalized spacial score (nSPS) is 18.9. The Labute approximate surface area is 110 Å². The van der Waals surface area contributed by atoms with Gasteiger partial charge in [0.1, 0.15) is 5.82 Å². The molecule has 2 aromatic rings. The van der Waals surface area contributed by atoms with E-state index >= 15 is 0 Å². The molecule has 0 saturated carbocycles. The Balaban J connectivity index is 1.96. The Hall–Kier alpha value is -1.38. The van der Waals surface area contributed by atoms with Crippen LogP contribution in [0.2, 0.25) is 5.02 Å². The average molecular weight is 263 g/mol. The van der Waals surface area contributed by atoms with Crippen molar-refractivity contribution in [3.8, 4) is 0 Å². The highest BCUT2D eigenvalue weighted by Crippen LogP contribution is 2.45. The third kappa shape index (κ3) is 1.73. The lowest BCUT2D eigenvalue weighted by Gasteiger charge is -2.34. The molecule has 0 radical (unpaired) electrons. The van der Waals surface area contributed by atoms with Crippen LogP contribution in [-0.4, -0.2) is 5.11 Å². The van der Waals surface area contributed by atoms with E-state index in [0.29, 0.717) is 0 Å². The molecule has 92 valence electrons. The van der Waals surface area contributed by atoms with Crippen LogP contribution in [0.5, 0.6) is 0 Å². The van der Waals surface area contributed by atoms with Gasteiger partial charge in [-0.3, -0.25) is 0 Å². The third-order valence-corrected chi connectivity index (χ3v) is 3.90. The number of benzene rings is 2. The minimum Gasteiger partial charge on any atom is -0.388 e. The van der Waals surface area contributed by atoms with Crippen molar-refractivity contribution in [2.24, 2.45) is 0 Å². The van der Waals surface area contributed by atoms with E-state index in [4.69, 9.17) is 11.6 Å². The summed E-state index contributed by atoms with van der Waals surface area (Å²) in [6.07, 6.45) is -0.115. The Kier molecular flexibility index (Phi) is 2.84. The molecule has 18 heavy (non-hydrogen) atoms. The fraction of sp³-hybridized carbons (Fsp3) is 0.200. The Morgan fingerprint density at radius 2 is 1.94 bits per heavy atom. The van der Waals surface area contributed by atoms with Crippen molar-refractivity contribution < 1.29 is 9.50 Å². The van der Waals surface area contributed by atoms with Crippen LogP contribution < -0.4 is 0 Å². The minimum atomic E-state index is -0.881. The number of fused-ring (bicyclic) bond motifs is 1. The lowest BCUT2D eigenvalue weighted by molar-refractivity contribution is 0.130. The fourth-order valence-electron chi connectivity index (χ4n) is 2.57. The summed E-state index contributed by atoms with van der Waals surface area (Å²) in [6.45, 7) is 0. The van der Waals surface area contributed by atoms with Crippen LogP contribution in [0.25, 0.3) is 0 Å². The number of halogens is 2. The molecule has 2 aromatic carbocycles. The smallest absolute Gasteiger partial charge is 0.130 e. The summed E-state index contributed by atoms with van der Waals surface area (Å²) in [5.41, 5.74) is 2.51. The summed E-state index contributed by atoms with van der Waals surface area (Å²) in [7, 11) is 0. The van der Waals surface area contributed by atoms with Crippen LogP contribution in [0, 0.1) is 5.82 Å². The summed E-state index contributed by atoms with van der Waals surface area (Å²) in [4.78, 5) is 0. The monoisotopic (exact) mass is 262 g/mol. The maximum Gasteiger partial charge on any atom is 0.130 e. The van der Waals surface area contributed by atoms with Crippen molar-refractivity contribution in [2.75, 3.05) is 0 Å². The summed E-state index contributed by atoms with van der Waals surface area (Å²) in [5.74, 6) is -0.505. The number of aliphatic hydroxyl groups excluding tert-OH is 1. The van der Waals surface area contributed by atoms with E-state index in [1.165, 1.54) is 11.6 Å². The van der Waals surface area contributed by atoms with E-state index in [1.54, 1.807) is 12.1 Å². The van der Waals surface area contributed by atoms with Gasteiger partial charge in [-0.15, -0.1) is 0 Å². The van der Waals surface area contributed by atoms with Gasteiger partial charge in [0.15, 0.2) is 0 Å². The van der Waals surface area contributed by atoms with E-state index in [2.05, 4.69) is 0 Å². The van der Waals surface area contributed by atoms with E-state index in [-0.39, 0.29) is 16.5 Å². The first-order chi connectivity index (χ1) is 8.68. The van der Waals surface area contributed by atoms with Gasteiger partial charge >= 0.3 is 0 Å². The highest BCUT2D eigenvalue weighted by atomic mass is 35.5. The molecule has 1 N–H and O–H groups in total. The molecule has 0 amide bonds. The second kappa shape index (κ2) is 4.38. The molecule has 0 bridgehead atoms. The lowest BCUT2D eigenvalue weighted by Crippen LogP contribution is -2.24. The zero-order valence-electron chi connectivity index (χ0n) is 9.61. The summed E-state index contributed by atoms with van der Waals surface area (Å²) >= 11 is 5.98. The number of aliphatic hydroxyl groups is 1. The van der Waals surface area contributed by atoms with Crippen LogP contribution in [-0.2, 0) is 6.42 Å². The quantitative estimate of drug-likeness (QED) is 0.872. The Morgan fingerprint density at radius 3 is 2.67 bits per heavy atom. The molecule has 0 aromatic heterocycles. The van der Waals surface area contributed by atoms with Crippen molar-refractivity contribution in [1.82, 2.24) is 0 Å². The molecule has 0 spiro atoms. The molecular weight excluding hydrogens is 251 g/mol. The van der Waals surface area contributed by atoms with E-state index in [0.717, 1.165) is 12.0 Å². The first-order valence-electron chi connectivity index (χ1n) is 5.88. The largest absolute Gasteiger partial charge is 0.388 e. The molecule has 1 aliphatic rings. The van der Waals surface area contributed by atoms with Crippen molar-refractivity contribution in [2.45, 2.75) is 18.4 Å². The van der Waals surface area contributed by atoms with Gasteiger partial charge < -0.3 is 5.11 Å². The second-order valence-electron chi connectivity index (χ2n) is 4.59.